The lowest BCUT2D eigenvalue weighted by Gasteiger charge is -2.14. The van der Waals surface area contributed by atoms with Crippen LogP contribution in [0.2, 0.25) is 0 Å². The summed E-state index contributed by atoms with van der Waals surface area (Å²) in [4.78, 5) is 11.7. The van der Waals surface area contributed by atoms with Crippen molar-refractivity contribution in [3.8, 4) is 5.75 Å². The molecular formula is C19H28N2O2. The van der Waals surface area contributed by atoms with E-state index in [1.165, 1.54) is 31.3 Å². The number of rotatable bonds is 7. The Kier molecular flexibility index (Phi) is 6.98. The van der Waals surface area contributed by atoms with Gasteiger partial charge in [0.05, 0.1) is 6.54 Å². The van der Waals surface area contributed by atoms with Gasteiger partial charge in [-0.15, -0.1) is 0 Å². The number of amides is 2. The van der Waals surface area contributed by atoms with E-state index in [9.17, 15) is 4.79 Å². The maximum atomic E-state index is 11.7. The van der Waals surface area contributed by atoms with Crippen LogP contribution in [0.5, 0.6) is 5.75 Å². The number of carbonyl (C=O) groups is 1. The molecule has 0 saturated heterocycles. The topological polar surface area (TPSA) is 50.4 Å². The lowest BCUT2D eigenvalue weighted by atomic mass is 9.97. The molecule has 23 heavy (non-hydrogen) atoms. The quantitative estimate of drug-likeness (QED) is 0.592. The first-order chi connectivity index (χ1) is 11.2. The van der Waals surface area contributed by atoms with E-state index in [4.69, 9.17) is 4.74 Å². The van der Waals surface area contributed by atoms with Crippen molar-refractivity contribution >= 4 is 6.03 Å². The minimum atomic E-state index is -0.119. The second kappa shape index (κ2) is 9.23. The molecule has 4 nitrogen and oxygen atoms in total. The van der Waals surface area contributed by atoms with Crippen LogP contribution < -0.4 is 15.4 Å². The minimum Gasteiger partial charge on any atom is -0.491 e. The summed E-state index contributed by atoms with van der Waals surface area (Å²) in [6.07, 6.45) is 8.25. The van der Waals surface area contributed by atoms with Crippen molar-refractivity contribution in [1.82, 2.24) is 10.6 Å². The molecule has 1 aliphatic carbocycles. The van der Waals surface area contributed by atoms with Crippen LogP contribution in [0, 0.1) is 13.8 Å². The Morgan fingerprint density at radius 2 is 1.87 bits per heavy atom. The van der Waals surface area contributed by atoms with Crippen molar-refractivity contribution in [3.63, 3.8) is 0 Å². The van der Waals surface area contributed by atoms with E-state index in [1.54, 1.807) is 0 Å². The highest BCUT2D eigenvalue weighted by Crippen LogP contribution is 2.22. The van der Waals surface area contributed by atoms with Crippen molar-refractivity contribution in [2.24, 2.45) is 0 Å². The molecule has 2 N–H and O–H groups in total. The predicted molar refractivity (Wildman–Crippen MR) is 94.0 cm³/mol. The van der Waals surface area contributed by atoms with Gasteiger partial charge in [-0.1, -0.05) is 29.8 Å². The predicted octanol–water partition coefficient (Wildman–Crippen LogP) is 3.87. The van der Waals surface area contributed by atoms with E-state index in [0.29, 0.717) is 19.7 Å². The number of allylic oxidation sites excluding steroid dienone is 1. The number of carbonyl (C=O) groups excluding carboxylic acids is 1. The maximum absolute atomic E-state index is 11.7. The fourth-order valence-corrected chi connectivity index (χ4v) is 2.88. The molecule has 0 aromatic heterocycles. The SMILES string of the molecule is Cc1cccc(C)c1OCCNC(=O)NCCC1=CCCCC1. The fraction of sp³-hybridized carbons (Fsp3) is 0.526. The molecule has 2 rings (SSSR count). The number of benzene rings is 1. The number of urea groups is 1. The van der Waals surface area contributed by atoms with E-state index in [0.717, 1.165) is 23.3 Å². The second-order valence-corrected chi connectivity index (χ2v) is 6.11. The minimum absolute atomic E-state index is 0.119. The van der Waals surface area contributed by atoms with Gasteiger partial charge in [0.25, 0.3) is 0 Å². The Bertz CT molecular complexity index is 532. The first-order valence-corrected chi connectivity index (χ1v) is 8.55. The van der Waals surface area contributed by atoms with E-state index in [-0.39, 0.29) is 6.03 Å². The molecule has 0 spiro atoms. The summed E-state index contributed by atoms with van der Waals surface area (Å²) in [5, 5.41) is 5.74. The van der Waals surface area contributed by atoms with Crippen LogP contribution in [0.1, 0.15) is 43.2 Å². The van der Waals surface area contributed by atoms with Gasteiger partial charge in [0.15, 0.2) is 0 Å². The summed E-state index contributed by atoms with van der Waals surface area (Å²) in [7, 11) is 0. The molecule has 0 unspecified atom stereocenters. The lowest BCUT2D eigenvalue weighted by Crippen LogP contribution is -2.38. The molecular weight excluding hydrogens is 288 g/mol. The maximum Gasteiger partial charge on any atom is 0.314 e. The molecule has 126 valence electrons. The number of aryl methyl sites for hydroxylation is 2. The third-order valence-electron chi connectivity index (χ3n) is 4.16. The molecule has 4 heteroatoms. The number of ether oxygens (including phenoxy) is 1. The van der Waals surface area contributed by atoms with Crippen LogP contribution >= 0.6 is 0 Å². The highest BCUT2D eigenvalue weighted by molar-refractivity contribution is 5.73. The van der Waals surface area contributed by atoms with Crippen LogP contribution in [-0.2, 0) is 0 Å². The van der Waals surface area contributed by atoms with Crippen molar-refractivity contribution < 1.29 is 9.53 Å². The molecule has 1 aliphatic rings. The molecule has 0 saturated carbocycles. The third-order valence-corrected chi connectivity index (χ3v) is 4.16. The summed E-state index contributed by atoms with van der Waals surface area (Å²) < 4.78 is 5.77. The van der Waals surface area contributed by atoms with E-state index in [2.05, 4.69) is 16.7 Å². The summed E-state index contributed by atoms with van der Waals surface area (Å²) in [6, 6.07) is 5.96. The Morgan fingerprint density at radius 1 is 1.13 bits per heavy atom. The van der Waals surface area contributed by atoms with E-state index >= 15 is 0 Å². The van der Waals surface area contributed by atoms with Gasteiger partial charge in [0.1, 0.15) is 12.4 Å². The largest absolute Gasteiger partial charge is 0.491 e. The number of para-hydroxylation sites is 1. The average Bonchev–Trinajstić information content (AvgIpc) is 2.55. The average molecular weight is 316 g/mol. The molecule has 0 atom stereocenters. The van der Waals surface area contributed by atoms with Gasteiger partial charge in [0, 0.05) is 6.54 Å². The smallest absolute Gasteiger partial charge is 0.314 e. The summed E-state index contributed by atoms with van der Waals surface area (Å²) in [6.45, 7) is 5.74. The van der Waals surface area contributed by atoms with Crippen LogP contribution in [-0.4, -0.2) is 25.7 Å². The highest BCUT2D eigenvalue weighted by Gasteiger charge is 2.06. The van der Waals surface area contributed by atoms with E-state index < -0.39 is 0 Å². The molecule has 1 aromatic rings. The highest BCUT2D eigenvalue weighted by atomic mass is 16.5. The number of nitrogens with one attached hydrogen (secondary N) is 2. The van der Waals surface area contributed by atoms with Gasteiger partial charge in [0.2, 0.25) is 0 Å². The molecule has 0 heterocycles. The molecule has 0 bridgehead atoms. The van der Waals surface area contributed by atoms with Crippen molar-refractivity contribution in [1.29, 1.82) is 0 Å². The van der Waals surface area contributed by atoms with Crippen LogP contribution in [0.15, 0.2) is 29.8 Å². The number of hydrogen-bond acceptors (Lipinski definition) is 2. The van der Waals surface area contributed by atoms with Crippen LogP contribution in [0.4, 0.5) is 4.79 Å². The molecule has 0 aliphatic heterocycles. The Balaban J connectivity index is 1.58. The summed E-state index contributed by atoms with van der Waals surface area (Å²) >= 11 is 0. The normalized spacial score (nSPS) is 14.1. The molecule has 0 fully saturated rings. The van der Waals surface area contributed by atoms with Gasteiger partial charge in [-0.2, -0.15) is 0 Å². The van der Waals surface area contributed by atoms with Crippen molar-refractivity contribution in [3.05, 3.63) is 41.0 Å². The molecule has 1 aromatic carbocycles. The van der Waals surface area contributed by atoms with E-state index in [1.807, 2.05) is 32.0 Å². The third kappa shape index (κ3) is 5.97. The molecule has 2 amide bonds. The Morgan fingerprint density at radius 3 is 2.57 bits per heavy atom. The van der Waals surface area contributed by atoms with Gasteiger partial charge in [-0.25, -0.2) is 4.79 Å². The standard InChI is InChI=1S/C19H28N2O2/c1-15-7-6-8-16(2)18(15)23-14-13-21-19(22)20-12-11-17-9-4-3-5-10-17/h6-9H,3-5,10-14H2,1-2H3,(H2,20,21,22). The zero-order chi connectivity index (χ0) is 16.5. The zero-order valence-corrected chi connectivity index (χ0v) is 14.3. The monoisotopic (exact) mass is 316 g/mol. The Labute approximate surface area is 139 Å². The van der Waals surface area contributed by atoms with Gasteiger partial charge in [-0.05, 0) is 57.1 Å². The zero-order valence-electron chi connectivity index (χ0n) is 14.3. The van der Waals surface area contributed by atoms with Crippen LogP contribution in [0.3, 0.4) is 0 Å². The lowest BCUT2D eigenvalue weighted by molar-refractivity contribution is 0.236. The summed E-state index contributed by atoms with van der Waals surface area (Å²) in [5.41, 5.74) is 3.72. The summed E-state index contributed by atoms with van der Waals surface area (Å²) in [5.74, 6) is 0.916. The fourth-order valence-electron chi connectivity index (χ4n) is 2.88. The second-order valence-electron chi connectivity index (χ2n) is 6.11. The van der Waals surface area contributed by atoms with Gasteiger partial charge >= 0.3 is 6.03 Å². The van der Waals surface area contributed by atoms with Gasteiger partial charge in [-0.3, -0.25) is 0 Å². The first kappa shape index (κ1) is 17.4. The van der Waals surface area contributed by atoms with Crippen molar-refractivity contribution in [2.45, 2.75) is 46.0 Å². The number of hydrogen-bond donors (Lipinski definition) is 2. The van der Waals surface area contributed by atoms with Gasteiger partial charge < -0.3 is 15.4 Å². The molecule has 0 radical (unpaired) electrons. The Hall–Kier alpha value is -1.97. The van der Waals surface area contributed by atoms with Crippen LogP contribution in [0.25, 0.3) is 0 Å². The first-order valence-electron chi connectivity index (χ1n) is 8.55. The van der Waals surface area contributed by atoms with Crippen molar-refractivity contribution in [2.75, 3.05) is 19.7 Å².